The Morgan fingerprint density at radius 3 is 2.95 bits per heavy atom. The summed E-state index contributed by atoms with van der Waals surface area (Å²) in [6.07, 6.45) is 1.57. The van der Waals surface area contributed by atoms with E-state index >= 15 is 0 Å². The first-order chi connectivity index (χ1) is 10.1. The molecule has 0 spiro atoms. The van der Waals surface area contributed by atoms with Crippen molar-refractivity contribution in [1.82, 2.24) is 0 Å². The van der Waals surface area contributed by atoms with Crippen molar-refractivity contribution in [2.24, 2.45) is 11.7 Å². The van der Waals surface area contributed by atoms with Crippen molar-refractivity contribution < 1.29 is 14.3 Å². The lowest BCUT2D eigenvalue weighted by Gasteiger charge is -2.18. The maximum Gasteiger partial charge on any atom is 0.230 e. The molecule has 2 rings (SSSR count). The van der Waals surface area contributed by atoms with Gasteiger partial charge in [-0.2, -0.15) is 0 Å². The predicted octanol–water partition coefficient (Wildman–Crippen LogP) is 2.08. The summed E-state index contributed by atoms with van der Waals surface area (Å²) in [6, 6.07) is 5.24. The highest BCUT2D eigenvalue weighted by molar-refractivity contribution is 7.80. The molecule has 2 atom stereocenters. The molecule has 1 aromatic carbocycles. The van der Waals surface area contributed by atoms with Crippen LogP contribution in [-0.2, 0) is 9.53 Å². The van der Waals surface area contributed by atoms with Crippen LogP contribution in [0.25, 0.3) is 0 Å². The average molecular weight is 308 g/mol. The highest BCUT2D eigenvalue weighted by Gasteiger charge is 2.33. The van der Waals surface area contributed by atoms with Gasteiger partial charge in [-0.25, -0.2) is 0 Å². The minimum Gasteiger partial charge on any atom is -0.495 e. The third kappa shape index (κ3) is 3.51. The fourth-order valence-corrected chi connectivity index (χ4v) is 2.65. The zero-order valence-corrected chi connectivity index (χ0v) is 13.0. The van der Waals surface area contributed by atoms with E-state index in [9.17, 15) is 4.79 Å². The third-order valence-electron chi connectivity index (χ3n) is 3.69. The van der Waals surface area contributed by atoms with E-state index in [4.69, 9.17) is 27.4 Å². The third-order valence-corrected chi connectivity index (χ3v) is 3.93. The first-order valence-electron chi connectivity index (χ1n) is 6.97. The molecule has 0 saturated carbocycles. The second-order valence-corrected chi connectivity index (χ2v) is 5.42. The molecule has 1 saturated heterocycles. The molecule has 1 aliphatic heterocycles. The summed E-state index contributed by atoms with van der Waals surface area (Å²) in [6.45, 7) is 2.65. The van der Waals surface area contributed by atoms with E-state index in [0.717, 1.165) is 12.8 Å². The lowest BCUT2D eigenvalue weighted by molar-refractivity contribution is -0.121. The standard InChI is InChI=1S/C15H20N2O3S/c1-3-12-10(6-7-20-12)15(18)17-11-5-4-9(14(16)21)8-13(11)19-2/h4-5,8,10,12H,3,6-7H2,1-2H3,(H2,16,21)(H,17,18). The molecule has 3 N–H and O–H groups in total. The van der Waals surface area contributed by atoms with Gasteiger partial charge in [-0.3, -0.25) is 4.79 Å². The minimum atomic E-state index is -0.116. The Labute approximate surface area is 129 Å². The summed E-state index contributed by atoms with van der Waals surface area (Å²) in [7, 11) is 1.54. The lowest BCUT2D eigenvalue weighted by Crippen LogP contribution is -2.29. The number of hydrogen-bond acceptors (Lipinski definition) is 4. The van der Waals surface area contributed by atoms with Crippen molar-refractivity contribution in [3.8, 4) is 5.75 Å². The average Bonchev–Trinajstić information content (AvgIpc) is 2.95. The van der Waals surface area contributed by atoms with E-state index in [1.165, 1.54) is 0 Å². The normalized spacial score (nSPS) is 21.0. The molecule has 1 amide bonds. The summed E-state index contributed by atoms with van der Waals surface area (Å²) < 4.78 is 10.8. The molecular weight excluding hydrogens is 288 g/mol. The number of hydrogen-bond donors (Lipinski definition) is 2. The van der Waals surface area contributed by atoms with Crippen LogP contribution in [0.15, 0.2) is 18.2 Å². The van der Waals surface area contributed by atoms with Crippen molar-refractivity contribution in [1.29, 1.82) is 0 Å². The van der Waals surface area contributed by atoms with Gasteiger partial charge in [0.15, 0.2) is 0 Å². The molecule has 0 bridgehead atoms. The molecule has 6 heteroatoms. The molecule has 1 aliphatic rings. The zero-order chi connectivity index (χ0) is 15.4. The van der Waals surface area contributed by atoms with Crippen LogP contribution in [-0.4, -0.2) is 30.7 Å². The van der Waals surface area contributed by atoms with Crippen molar-refractivity contribution in [2.45, 2.75) is 25.9 Å². The van der Waals surface area contributed by atoms with Crippen LogP contribution in [0.3, 0.4) is 0 Å². The Balaban J connectivity index is 2.15. The van der Waals surface area contributed by atoms with Gasteiger partial charge in [-0.15, -0.1) is 0 Å². The number of thiocarbonyl (C=S) groups is 1. The number of carbonyl (C=O) groups excluding carboxylic acids is 1. The predicted molar refractivity (Wildman–Crippen MR) is 85.6 cm³/mol. The fraction of sp³-hybridized carbons (Fsp3) is 0.467. The van der Waals surface area contributed by atoms with Gasteiger partial charge in [0.05, 0.1) is 24.8 Å². The summed E-state index contributed by atoms with van der Waals surface area (Å²) in [5, 5.41) is 2.91. The first-order valence-corrected chi connectivity index (χ1v) is 7.38. The SMILES string of the molecule is CCC1OCCC1C(=O)Nc1ccc(C(N)=S)cc1OC. The van der Waals surface area contributed by atoms with Gasteiger partial charge in [0.1, 0.15) is 10.7 Å². The van der Waals surface area contributed by atoms with Crippen molar-refractivity contribution in [3.05, 3.63) is 23.8 Å². The summed E-state index contributed by atoms with van der Waals surface area (Å²) in [4.78, 5) is 12.7. The second-order valence-electron chi connectivity index (χ2n) is 4.98. The van der Waals surface area contributed by atoms with Crippen molar-refractivity contribution >= 4 is 28.8 Å². The Hall–Kier alpha value is -1.66. The van der Waals surface area contributed by atoms with Gasteiger partial charge in [0, 0.05) is 12.2 Å². The largest absolute Gasteiger partial charge is 0.495 e. The van der Waals surface area contributed by atoms with Crippen LogP contribution in [0.4, 0.5) is 5.69 Å². The number of anilines is 1. The molecule has 21 heavy (non-hydrogen) atoms. The number of carbonyl (C=O) groups is 1. The summed E-state index contributed by atoms with van der Waals surface area (Å²) in [5.41, 5.74) is 6.92. The number of nitrogens with two attached hydrogens (primary N) is 1. The van der Waals surface area contributed by atoms with Crippen LogP contribution in [0.1, 0.15) is 25.3 Å². The summed E-state index contributed by atoms with van der Waals surface area (Å²) >= 11 is 4.94. The Morgan fingerprint density at radius 2 is 2.33 bits per heavy atom. The fourth-order valence-electron chi connectivity index (χ4n) is 2.52. The second kappa shape index (κ2) is 6.87. The zero-order valence-electron chi connectivity index (χ0n) is 12.2. The summed E-state index contributed by atoms with van der Waals surface area (Å²) in [5.74, 6) is 0.385. The maximum atomic E-state index is 12.4. The van der Waals surface area contributed by atoms with E-state index in [2.05, 4.69) is 5.32 Å². The molecule has 1 aromatic rings. The van der Waals surface area contributed by atoms with E-state index in [1.807, 2.05) is 6.92 Å². The molecular formula is C15H20N2O3S. The Bertz CT molecular complexity index is 548. The van der Waals surface area contributed by atoms with Gasteiger partial charge in [-0.05, 0) is 31.0 Å². The van der Waals surface area contributed by atoms with E-state index in [0.29, 0.717) is 28.6 Å². The highest BCUT2D eigenvalue weighted by Crippen LogP contribution is 2.29. The number of ether oxygens (including phenoxy) is 2. The van der Waals surface area contributed by atoms with Crippen LogP contribution >= 0.6 is 12.2 Å². The molecule has 2 unspecified atom stereocenters. The Morgan fingerprint density at radius 1 is 1.57 bits per heavy atom. The molecule has 5 nitrogen and oxygen atoms in total. The van der Waals surface area contributed by atoms with Gasteiger partial charge in [0.2, 0.25) is 5.91 Å². The smallest absolute Gasteiger partial charge is 0.230 e. The van der Waals surface area contributed by atoms with Crippen molar-refractivity contribution in [2.75, 3.05) is 19.0 Å². The molecule has 0 aliphatic carbocycles. The number of amides is 1. The van der Waals surface area contributed by atoms with E-state index in [1.54, 1.807) is 25.3 Å². The van der Waals surface area contributed by atoms with Crippen LogP contribution in [0, 0.1) is 5.92 Å². The number of rotatable bonds is 5. The van der Waals surface area contributed by atoms with Gasteiger partial charge in [-0.1, -0.05) is 19.1 Å². The highest BCUT2D eigenvalue weighted by atomic mass is 32.1. The lowest BCUT2D eigenvalue weighted by atomic mass is 9.98. The van der Waals surface area contributed by atoms with Gasteiger partial charge < -0.3 is 20.5 Å². The Kier molecular flexibility index (Phi) is 5.14. The number of nitrogens with one attached hydrogen (secondary N) is 1. The van der Waals surface area contributed by atoms with E-state index < -0.39 is 0 Å². The monoisotopic (exact) mass is 308 g/mol. The molecule has 1 heterocycles. The van der Waals surface area contributed by atoms with Crippen LogP contribution in [0.5, 0.6) is 5.75 Å². The molecule has 0 aromatic heterocycles. The van der Waals surface area contributed by atoms with Crippen LogP contribution < -0.4 is 15.8 Å². The molecule has 114 valence electrons. The minimum absolute atomic E-state index is 0.00751. The number of benzene rings is 1. The van der Waals surface area contributed by atoms with Gasteiger partial charge in [0.25, 0.3) is 0 Å². The topological polar surface area (TPSA) is 73.6 Å². The first kappa shape index (κ1) is 15.7. The van der Waals surface area contributed by atoms with E-state index in [-0.39, 0.29) is 17.9 Å². The molecule has 0 radical (unpaired) electrons. The van der Waals surface area contributed by atoms with Gasteiger partial charge >= 0.3 is 0 Å². The number of methoxy groups -OCH3 is 1. The van der Waals surface area contributed by atoms with Crippen molar-refractivity contribution in [3.63, 3.8) is 0 Å². The molecule has 1 fully saturated rings. The van der Waals surface area contributed by atoms with Crippen LogP contribution in [0.2, 0.25) is 0 Å². The quantitative estimate of drug-likeness (QED) is 0.815. The maximum absolute atomic E-state index is 12.4.